The van der Waals surface area contributed by atoms with Crippen molar-refractivity contribution >= 4 is 5.96 Å². The Morgan fingerprint density at radius 3 is 2.73 bits per heavy atom. The highest BCUT2D eigenvalue weighted by molar-refractivity contribution is 5.80. The molecule has 1 aromatic heterocycles. The van der Waals surface area contributed by atoms with Gasteiger partial charge in [0.05, 0.1) is 12.2 Å². The lowest BCUT2D eigenvalue weighted by Crippen LogP contribution is -2.39. The summed E-state index contributed by atoms with van der Waals surface area (Å²) in [4.78, 5) is 4.66. The van der Waals surface area contributed by atoms with Crippen molar-refractivity contribution in [2.75, 3.05) is 6.54 Å². The Bertz CT molecular complexity index is 615. The van der Waals surface area contributed by atoms with E-state index < -0.39 is 0 Å². The zero-order chi connectivity index (χ0) is 15.4. The van der Waals surface area contributed by atoms with E-state index in [4.69, 9.17) is 0 Å². The molecule has 1 fully saturated rings. The number of guanidine groups is 1. The van der Waals surface area contributed by atoms with Gasteiger partial charge in [0.2, 0.25) is 0 Å². The quantitative estimate of drug-likeness (QED) is 0.658. The maximum atomic E-state index is 4.66. The van der Waals surface area contributed by atoms with Gasteiger partial charge in [0, 0.05) is 25.0 Å². The lowest BCUT2D eigenvalue weighted by Gasteiger charge is -2.10. The van der Waals surface area contributed by atoms with Gasteiger partial charge in [-0.2, -0.15) is 5.10 Å². The van der Waals surface area contributed by atoms with Crippen molar-refractivity contribution in [1.82, 2.24) is 20.4 Å². The molecule has 1 aliphatic rings. The van der Waals surface area contributed by atoms with Crippen molar-refractivity contribution < 1.29 is 0 Å². The van der Waals surface area contributed by atoms with Gasteiger partial charge in [0.25, 0.3) is 0 Å². The molecule has 2 N–H and O–H groups in total. The molecule has 1 aromatic carbocycles. The summed E-state index contributed by atoms with van der Waals surface area (Å²) in [6.07, 6.45) is 4.96. The molecule has 0 spiro atoms. The van der Waals surface area contributed by atoms with E-state index in [1.54, 1.807) is 6.20 Å². The van der Waals surface area contributed by atoms with Crippen LogP contribution in [0.4, 0.5) is 0 Å². The third-order valence-electron chi connectivity index (χ3n) is 3.90. The topological polar surface area (TPSA) is 54.2 Å². The van der Waals surface area contributed by atoms with Gasteiger partial charge in [-0.15, -0.1) is 0 Å². The Morgan fingerprint density at radius 2 is 2.14 bits per heavy atom. The standard InChI is InChI=1S/C17H23N5/c1-3-18-17(21-16-11-13(16)2)19-12-14-5-7-15(8-6-14)22-10-4-9-20-22/h4-10,13,16H,3,11-12H2,1-2H3,(H2,18,19,21). The summed E-state index contributed by atoms with van der Waals surface area (Å²) in [5.74, 6) is 1.67. The number of hydrogen-bond donors (Lipinski definition) is 2. The van der Waals surface area contributed by atoms with E-state index >= 15 is 0 Å². The van der Waals surface area contributed by atoms with Gasteiger partial charge in [0.15, 0.2) is 5.96 Å². The molecule has 22 heavy (non-hydrogen) atoms. The Kier molecular flexibility index (Phi) is 4.42. The van der Waals surface area contributed by atoms with Crippen LogP contribution in [-0.2, 0) is 6.54 Å². The van der Waals surface area contributed by atoms with Gasteiger partial charge in [-0.3, -0.25) is 0 Å². The summed E-state index contributed by atoms with van der Waals surface area (Å²) in [6.45, 7) is 5.91. The fourth-order valence-corrected chi connectivity index (χ4v) is 2.36. The Hall–Kier alpha value is -2.30. The lowest BCUT2D eigenvalue weighted by atomic mass is 10.2. The molecule has 116 valence electrons. The first kappa shape index (κ1) is 14.6. The molecule has 2 atom stereocenters. The summed E-state index contributed by atoms with van der Waals surface area (Å²) < 4.78 is 1.85. The molecule has 2 unspecified atom stereocenters. The van der Waals surface area contributed by atoms with Crippen LogP contribution in [0.5, 0.6) is 0 Å². The summed E-state index contributed by atoms with van der Waals surface area (Å²) in [5, 5.41) is 11.0. The smallest absolute Gasteiger partial charge is 0.191 e. The van der Waals surface area contributed by atoms with Crippen LogP contribution in [0.15, 0.2) is 47.7 Å². The molecule has 1 saturated carbocycles. The number of aromatic nitrogens is 2. The molecular formula is C17H23N5. The predicted octanol–water partition coefficient (Wildman–Crippen LogP) is 2.34. The Morgan fingerprint density at radius 1 is 1.36 bits per heavy atom. The molecule has 2 aromatic rings. The van der Waals surface area contributed by atoms with Gasteiger partial charge in [0.1, 0.15) is 0 Å². The molecule has 5 nitrogen and oxygen atoms in total. The van der Waals surface area contributed by atoms with E-state index in [9.17, 15) is 0 Å². The molecule has 0 amide bonds. The monoisotopic (exact) mass is 297 g/mol. The molecule has 5 heteroatoms. The normalized spacial score (nSPS) is 20.7. The van der Waals surface area contributed by atoms with E-state index in [2.05, 4.69) is 58.8 Å². The van der Waals surface area contributed by atoms with Crippen LogP contribution in [-0.4, -0.2) is 28.3 Å². The van der Waals surface area contributed by atoms with E-state index in [1.165, 1.54) is 12.0 Å². The first-order valence-corrected chi connectivity index (χ1v) is 7.90. The van der Waals surface area contributed by atoms with Crippen molar-refractivity contribution in [1.29, 1.82) is 0 Å². The summed E-state index contributed by atoms with van der Waals surface area (Å²) in [7, 11) is 0. The molecule has 3 rings (SSSR count). The maximum absolute atomic E-state index is 4.66. The molecule has 0 saturated heterocycles. The van der Waals surface area contributed by atoms with E-state index in [0.717, 1.165) is 24.1 Å². The van der Waals surface area contributed by atoms with Crippen LogP contribution in [0.2, 0.25) is 0 Å². The van der Waals surface area contributed by atoms with Gasteiger partial charge in [-0.05, 0) is 43.0 Å². The van der Waals surface area contributed by atoms with Crippen LogP contribution in [0.1, 0.15) is 25.8 Å². The number of rotatable bonds is 5. The third-order valence-corrected chi connectivity index (χ3v) is 3.90. The highest BCUT2D eigenvalue weighted by Crippen LogP contribution is 2.28. The Labute approximate surface area is 131 Å². The second-order valence-corrected chi connectivity index (χ2v) is 5.78. The summed E-state index contributed by atoms with van der Waals surface area (Å²) in [6, 6.07) is 10.8. The van der Waals surface area contributed by atoms with Gasteiger partial charge >= 0.3 is 0 Å². The lowest BCUT2D eigenvalue weighted by molar-refractivity contribution is 0.766. The fraction of sp³-hybridized carbons (Fsp3) is 0.412. The average Bonchev–Trinajstić information content (AvgIpc) is 3.02. The molecule has 0 radical (unpaired) electrons. The van der Waals surface area contributed by atoms with Crippen molar-refractivity contribution in [2.45, 2.75) is 32.9 Å². The number of nitrogens with one attached hydrogen (secondary N) is 2. The number of benzene rings is 1. The van der Waals surface area contributed by atoms with Crippen molar-refractivity contribution in [3.05, 3.63) is 48.3 Å². The minimum Gasteiger partial charge on any atom is -0.357 e. The van der Waals surface area contributed by atoms with E-state index in [0.29, 0.717) is 12.6 Å². The second-order valence-electron chi connectivity index (χ2n) is 5.78. The molecule has 1 heterocycles. The summed E-state index contributed by atoms with van der Waals surface area (Å²) >= 11 is 0. The molecule has 0 bridgehead atoms. The second kappa shape index (κ2) is 6.64. The minimum absolute atomic E-state index is 0.583. The molecule has 1 aliphatic carbocycles. The zero-order valence-electron chi connectivity index (χ0n) is 13.2. The predicted molar refractivity (Wildman–Crippen MR) is 89.1 cm³/mol. The van der Waals surface area contributed by atoms with Crippen LogP contribution < -0.4 is 10.6 Å². The fourth-order valence-electron chi connectivity index (χ4n) is 2.36. The number of aliphatic imine (C=N–C) groups is 1. The van der Waals surface area contributed by atoms with Crippen molar-refractivity contribution in [3.8, 4) is 5.69 Å². The number of nitrogens with zero attached hydrogens (tertiary/aromatic N) is 3. The van der Waals surface area contributed by atoms with Crippen LogP contribution in [0.25, 0.3) is 5.69 Å². The SMILES string of the molecule is CCNC(=NCc1ccc(-n2cccn2)cc1)NC1CC1C. The van der Waals surface area contributed by atoms with Crippen molar-refractivity contribution in [3.63, 3.8) is 0 Å². The van der Waals surface area contributed by atoms with Crippen LogP contribution >= 0.6 is 0 Å². The van der Waals surface area contributed by atoms with Gasteiger partial charge < -0.3 is 10.6 Å². The van der Waals surface area contributed by atoms with Gasteiger partial charge in [-0.1, -0.05) is 19.1 Å². The number of hydrogen-bond acceptors (Lipinski definition) is 2. The maximum Gasteiger partial charge on any atom is 0.191 e. The Balaban J connectivity index is 1.62. The average molecular weight is 297 g/mol. The van der Waals surface area contributed by atoms with Crippen LogP contribution in [0.3, 0.4) is 0 Å². The highest BCUT2D eigenvalue weighted by Gasteiger charge is 2.33. The first-order valence-electron chi connectivity index (χ1n) is 7.90. The van der Waals surface area contributed by atoms with Crippen molar-refractivity contribution in [2.24, 2.45) is 10.9 Å². The molecular weight excluding hydrogens is 274 g/mol. The highest BCUT2D eigenvalue weighted by atomic mass is 15.3. The van der Waals surface area contributed by atoms with E-state index in [1.807, 2.05) is 16.9 Å². The minimum atomic E-state index is 0.583. The van der Waals surface area contributed by atoms with Crippen LogP contribution in [0, 0.1) is 5.92 Å². The zero-order valence-corrected chi connectivity index (χ0v) is 13.2. The van der Waals surface area contributed by atoms with E-state index in [-0.39, 0.29) is 0 Å². The first-order chi connectivity index (χ1) is 10.8. The molecule has 0 aliphatic heterocycles. The van der Waals surface area contributed by atoms with Gasteiger partial charge in [-0.25, -0.2) is 9.67 Å². The summed E-state index contributed by atoms with van der Waals surface area (Å²) in [5.41, 5.74) is 2.26. The third kappa shape index (κ3) is 3.67. The largest absolute Gasteiger partial charge is 0.357 e.